The lowest BCUT2D eigenvalue weighted by Gasteiger charge is -2.27. The largest absolute Gasteiger partial charge is 0.508 e. The van der Waals surface area contributed by atoms with Crippen LogP contribution in [0.15, 0.2) is 122 Å². The maximum absolute atomic E-state index is 14.4. The third-order valence-electron chi connectivity index (χ3n) is 12.3. The van der Waals surface area contributed by atoms with E-state index in [1.807, 2.05) is 42.5 Å². The summed E-state index contributed by atoms with van der Waals surface area (Å²) in [6.45, 7) is 2.87. The van der Waals surface area contributed by atoms with E-state index >= 15 is 0 Å². The molecule has 4 aromatic carbocycles. The first kappa shape index (κ1) is 58.5. The Morgan fingerprint density at radius 3 is 1.64 bits per heavy atom. The Hall–Kier alpha value is -8.43. The molecule has 0 saturated heterocycles. The summed E-state index contributed by atoms with van der Waals surface area (Å²) in [6.07, 6.45) is 3.62. The van der Waals surface area contributed by atoms with E-state index in [-0.39, 0.29) is 62.7 Å². The number of phenols is 1. The lowest BCUT2D eigenvalue weighted by molar-refractivity contribution is -0.143. The van der Waals surface area contributed by atoms with Crippen LogP contribution >= 0.6 is 0 Å². The molecule has 0 aliphatic rings. The minimum absolute atomic E-state index is 0.00612. The van der Waals surface area contributed by atoms with E-state index in [1.54, 1.807) is 56.3 Å². The summed E-state index contributed by atoms with van der Waals surface area (Å²) in [5, 5.41) is 58.3. The number of aliphatic hydroxyl groups is 1. The number of rotatable bonds is 29. The van der Waals surface area contributed by atoms with E-state index in [4.69, 9.17) is 16.9 Å². The first-order valence-corrected chi connectivity index (χ1v) is 25.1. The minimum Gasteiger partial charge on any atom is -0.508 e. The van der Waals surface area contributed by atoms with E-state index < -0.39 is 90.3 Å². The molecule has 6 amide bonds. The Balaban J connectivity index is 1.36. The number of guanidine groups is 1. The molecule has 15 N–H and O–H groups in total. The highest BCUT2D eigenvalue weighted by molar-refractivity contribution is 5.97. The van der Waals surface area contributed by atoms with Gasteiger partial charge in [0.15, 0.2) is 5.96 Å². The van der Waals surface area contributed by atoms with Crippen LogP contribution in [-0.2, 0) is 59.2 Å². The number of aromatic hydroxyl groups is 1. The fourth-order valence-corrected chi connectivity index (χ4v) is 8.30. The number of pyridine rings is 1. The number of carboxylic acids is 1. The molecular weight excluding hydrogens is 975 g/mol. The number of carbonyl (C=O) groups is 7. The van der Waals surface area contributed by atoms with Gasteiger partial charge in [-0.3, -0.25) is 39.2 Å². The number of hydrogen-bond donors (Lipinski definition) is 13. The van der Waals surface area contributed by atoms with Crippen molar-refractivity contribution in [2.45, 2.75) is 108 Å². The van der Waals surface area contributed by atoms with Crippen LogP contribution in [0.1, 0.15) is 61.8 Å². The topological polar surface area (TPSA) is 353 Å². The molecule has 0 fully saturated rings. The van der Waals surface area contributed by atoms with Gasteiger partial charge >= 0.3 is 5.97 Å². The van der Waals surface area contributed by atoms with Crippen molar-refractivity contribution in [3.63, 3.8) is 0 Å². The maximum atomic E-state index is 14.4. The molecule has 0 aliphatic carbocycles. The minimum atomic E-state index is -1.72. The van der Waals surface area contributed by atoms with Crippen molar-refractivity contribution >= 4 is 58.1 Å². The number of nitrogens with two attached hydrogens (primary N) is 2. The number of nitrogens with one attached hydrogen (secondary N) is 8. The third-order valence-corrected chi connectivity index (χ3v) is 12.3. The van der Waals surface area contributed by atoms with Gasteiger partial charge in [-0.25, -0.2) is 4.79 Å². The second-order valence-corrected chi connectivity index (χ2v) is 19.0. The summed E-state index contributed by atoms with van der Waals surface area (Å²) >= 11 is 0. The molecule has 0 bridgehead atoms. The highest BCUT2D eigenvalue weighted by Gasteiger charge is 2.34. The fraction of sp³-hybridized carbons (Fsp3) is 0.364. The van der Waals surface area contributed by atoms with Gasteiger partial charge in [0.25, 0.3) is 0 Å². The number of phenolic OH excluding ortho intramolecular Hbond substituents is 1. The summed E-state index contributed by atoms with van der Waals surface area (Å²) in [7, 11) is 0. The number of aliphatic carboxylic acids is 1. The van der Waals surface area contributed by atoms with Gasteiger partial charge in [-0.1, -0.05) is 105 Å². The van der Waals surface area contributed by atoms with Crippen LogP contribution in [0.25, 0.3) is 10.8 Å². The zero-order valence-electron chi connectivity index (χ0n) is 42.5. The molecule has 76 heavy (non-hydrogen) atoms. The molecule has 0 radical (unpaired) electrons. The molecule has 7 atom stereocenters. The SMILES string of the molecule is CC(C)C[C@H](NC(=O)[C@@H](CCCCNC(=N)N)NC(=O)[C@H](Cc1ccc(O)cc1)NC(=O)[C@H](CO)NC(=O)[C@@H](Cc1cccnc1)NC(=O)[C@@H](Cc1ccccc1)NC(=O)[C@H](N)Cc1ccc2ccccc2c1)C(=O)O. The van der Waals surface area contributed by atoms with Crippen molar-refractivity contribution in [3.05, 3.63) is 144 Å². The zero-order valence-corrected chi connectivity index (χ0v) is 42.5. The standard InChI is InChI=1S/C55H69N11O10/c1-33(2)25-46(54(75)76)65-49(70)42(16-8-9-24-60-55(57)58)61-50(71)44(29-35-18-21-40(68)22-19-35)64-53(74)47(32-67)66-52(73)45(30-37-13-10-23-59-31-37)63-51(72)43(28-34-11-4-3-5-12-34)62-48(69)41(56)27-36-17-20-38-14-6-7-15-39(38)26-36/h3-7,10-15,17-23,26,31,33,41-47,67-68H,8-9,16,24-25,27-30,32,56H2,1-2H3,(H,61,71)(H,62,69)(H,63,72)(H,64,74)(H,65,70)(H,66,73)(H,75,76)(H4,57,58,60)/t41-,42-,43-,44+,45-,46+,47+/m1/s1. The highest BCUT2D eigenvalue weighted by atomic mass is 16.4. The summed E-state index contributed by atoms with van der Waals surface area (Å²) < 4.78 is 0. The molecule has 0 aliphatic heterocycles. The lowest BCUT2D eigenvalue weighted by atomic mass is 10.00. The van der Waals surface area contributed by atoms with Crippen LogP contribution in [0.2, 0.25) is 0 Å². The first-order chi connectivity index (χ1) is 36.4. The van der Waals surface area contributed by atoms with Crippen LogP contribution in [0.4, 0.5) is 0 Å². The van der Waals surface area contributed by atoms with Crippen LogP contribution in [0, 0.1) is 11.3 Å². The number of aliphatic hydroxyl groups excluding tert-OH is 1. The average Bonchev–Trinajstić information content (AvgIpc) is 3.39. The Kier molecular flexibility index (Phi) is 22.7. The molecule has 5 aromatic rings. The van der Waals surface area contributed by atoms with Gasteiger partial charge in [-0.05, 0) is 89.2 Å². The number of benzene rings is 4. The predicted octanol–water partition coefficient (Wildman–Crippen LogP) is 1.22. The van der Waals surface area contributed by atoms with Crippen molar-refractivity contribution in [2.75, 3.05) is 13.2 Å². The van der Waals surface area contributed by atoms with Crippen LogP contribution in [0.5, 0.6) is 5.75 Å². The molecule has 0 unspecified atom stereocenters. The van der Waals surface area contributed by atoms with Crippen molar-refractivity contribution < 1.29 is 48.9 Å². The first-order valence-electron chi connectivity index (χ1n) is 25.1. The van der Waals surface area contributed by atoms with Gasteiger partial charge < -0.3 is 64.0 Å². The van der Waals surface area contributed by atoms with Gasteiger partial charge in [0.1, 0.15) is 42.0 Å². The monoisotopic (exact) mass is 1040 g/mol. The molecular formula is C55H69N11O10. The van der Waals surface area contributed by atoms with Crippen molar-refractivity contribution in [1.82, 2.24) is 42.2 Å². The van der Waals surface area contributed by atoms with E-state index in [2.05, 4.69) is 42.2 Å². The summed E-state index contributed by atoms with van der Waals surface area (Å²) in [4.78, 5) is 101. The Bertz CT molecular complexity index is 2750. The number of hydrogen-bond acceptors (Lipinski definition) is 12. The number of aromatic nitrogens is 1. The van der Waals surface area contributed by atoms with E-state index in [0.29, 0.717) is 29.5 Å². The lowest BCUT2D eigenvalue weighted by Crippen LogP contribution is -2.61. The molecule has 21 nitrogen and oxygen atoms in total. The number of carbonyl (C=O) groups excluding carboxylic acids is 6. The molecule has 5 rings (SSSR count). The van der Waals surface area contributed by atoms with Gasteiger partial charge in [-0.15, -0.1) is 0 Å². The predicted molar refractivity (Wildman–Crippen MR) is 285 cm³/mol. The van der Waals surface area contributed by atoms with Gasteiger partial charge in [0.05, 0.1) is 12.6 Å². The van der Waals surface area contributed by atoms with Crippen molar-refractivity contribution in [1.29, 1.82) is 5.41 Å². The summed E-state index contributed by atoms with van der Waals surface area (Å²) in [6, 6.07) is 21.9. The molecule has 21 heteroatoms. The number of amides is 6. The zero-order chi connectivity index (χ0) is 55.1. The van der Waals surface area contributed by atoms with Crippen LogP contribution < -0.4 is 48.7 Å². The van der Waals surface area contributed by atoms with E-state index in [9.17, 15) is 48.9 Å². The quantitative estimate of drug-likeness (QED) is 0.0182. The maximum Gasteiger partial charge on any atom is 0.326 e. The Morgan fingerprint density at radius 2 is 1.07 bits per heavy atom. The smallest absolute Gasteiger partial charge is 0.326 e. The molecule has 404 valence electrons. The number of nitrogens with zero attached hydrogens (tertiary/aromatic N) is 1. The average molecular weight is 1040 g/mol. The molecule has 0 saturated carbocycles. The Labute approximate surface area is 440 Å². The molecule has 1 aromatic heterocycles. The van der Waals surface area contributed by atoms with Gasteiger partial charge in [0, 0.05) is 38.2 Å². The number of fused-ring (bicyclic) bond motifs is 1. The highest BCUT2D eigenvalue weighted by Crippen LogP contribution is 2.18. The number of unbranched alkanes of at least 4 members (excludes halogenated alkanes) is 1. The molecule has 1 heterocycles. The fourth-order valence-electron chi connectivity index (χ4n) is 8.30. The van der Waals surface area contributed by atoms with Gasteiger partial charge in [-0.2, -0.15) is 0 Å². The Morgan fingerprint density at radius 1 is 0.566 bits per heavy atom. The summed E-state index contributed by atoms with van der Waals surface area (Å²) in [5.74, 6) is -6.75. The van der Waals surface area contributed by atoms with Crippen LogP contribution in [0.3, 0.4) is 0 Å². The van der Waals surface area contributed by atoms with Crippen LogP contribution in [-0.4, -0.2) is 123 Å². The third kappa shape index (κ3) is 19.1. The van der Waals surface area contributed by atoms with Gasteiger partial charge in [0.2, 0.25) is 35.4 Å². The second kappa shape index (κ2) is 29.5. The normalized spacial score (nSPS) is 13.9. The molecule has 0 spiro atoms. The van der Waals surface area contributed by atoms with E-state index in [1.165, 1.54) is 36.7 Å². The number of carboxylic acid groups (broad SMARTS) is 1. The van der Waals surface area contributed by atoms with E-state index in [0.717, 1.165) is 16.3 Å². The second-order valence-electron chi connectivity index (χ2n) is 19.0. The van der Waals surface area contributed by atoms with Crippen molar-refractivity contribution in [2.24, 2.45) is 17.4 Å². The summed E-state index contributed by atoms with van der Waals surface area (Å²) in [5.41, 5.74) is 14.3. The van der Waals surface area contributed by atoms with Crippen molar-refractivity contribution in [3.8, 4) is 5.75 Å².